The molecule has 1 aliphatic carbocycles. The third-order valence-electron chi connectivity index (χ3n) is 2.17. The Hall–Kier alpha value is 0.500. The molecule has 1 rings (SSSR count). The molecule has 0 saturated heterocycles. The van der Waals surface area contributed by atoms with Crippen LogP contribution in [-0.2, 0) is 0 Å². The van der Waals surface area contributed by atoms with Crippen LogP contribution < -0.4 is 11.5 Å². The molecule has 0 unspecified atom stereocenters. The second-order valence-electron chi connectivity index (χ2n) is 3.49. The lowest BCUT2D eigenvalue weighted by atomic mass is 9.82. The monoisotopic (exact) mass is 200 g/mol. The van der Waals surface area contributed by atoms with Crippen molar-refractivity contribution < 1.29 is 0 Å². The van der Waals surface area contributed by atoms with E-state index in [2.05, 4.69) is 6.92 Å². The number of nitrogens with two attached hydrogens (primary N) is 2. The van der Waals surface area contributed by atoms with Gasteiger partial charge in [-0.2, -0.15) is 0 Å². The molecule has 0 amide bonds. The Morgan fingerprint density at radius 2 is 1.55 bits per heavy atom. The average Bonchev–Trinajstić information content (AvgIpc) is 1.78. The van der Waals surface area contributed by atoms with Gasteiger partial charge in [0, 0.05) is 11.6 Å². The van der Waals surface area contributed by atoms with E-state index in [4.69, 9.17) is 11.5 Å². The molecule has 1 fully saturated rings. The summed E-state index contributed by atoms with van der Waals surface area (Å²) in [7, 11) is 0. The van der Waals surface area contributed by atoms with Crippen LogP contribution in [0.3, 0.4) is 0 Å². The van der Waals surface area contributed by atoms with Gasteiger partial charge in [-0.3, -0.25) is 0 Å². The zero-order valence-corrected chi connectivity index (χ0v) is 8.51. The molecule has 70 valence electrons. The van der Waals surface area contributed by atoms with Crippen molar-refractivity contribution in [1.29, 1.82) is 0 Å². The molecule has 0 aromatic carbocycles. The van der Waals surface area contributed by atoms with Crippen LogP contribution in [0.25, 0.3) is 0 Å². The van der Waals surface area contributed by atoms with Crippen LogP contribution in [0.2, 0.25) is 0 Å². The van der Waals surface area contributed by atoms with Gasteiger partial charge in [0.15, 0.2) is 0 Å². The maximum Gasteiger partial charge on any atom is 0.0127 e. The van der Waals surface area contributed by atoms with Crippen molar-refractivity contribution >= 4 is 24.8 Å². The minimum absolute atomic E-state index is 0. The van der Waals surface area contributed by atoms with E-state index in [9.17, 15) is 0 Å². The van der Waals surface area contributed by atoms with Crippen LogP contribution in [0.4, 0.5) is 0 Å². The van der Waals surface area contributed by atoms with E-state index >= 15 is 0 Å². The van der Waals surface area contributed by atoms with Gasteiger partial charge in [0.25, 0.3) is 0 Å². The molecule has 1 aliphatic rings. The molecule has 4 heteroatoms. The number of halogens is 2. The van der Waals surface area contributed by atoms with Crippen molar-refractivity contribution in [2.45, 2.75) is 44.2 Å². The highest BCUT2D eigenvalue weighted by atomic mass is 35.5. The summed E-state index contributed by atoms with van der Waals surface area (Å²) in [5.74, 6) is 0. The van der Waals surface area contributed by atoms with E-state index in [1.54, 1.807) is 0 Å². The summed E-state index contributed by atoms with van der Waals surface area (Å²) in [4.78, 5) is 0. The Bertz CT molecular complexity index is 96.6. The summed E-state index contributed by atoms with van der Waals surface area (Å²) in [5, 5.41) is 0. The molecule has 4 N–H and O–H groups in total. The maximum atomic E-state index is 5.88. The van der Waals surface area contributed by atoms with Crippen LogP contribution >= 0.6 is 24.8 Å². The van der Waals surface area contributed by atoms with E-state index in [1.165, 1.54) is 0 Å². The summed E-state index contributed by atoms with van der Waals surface area (Å²) in [6.45, 7) is 2.11. The predicted octanol–water partition coefficient (Wildman–Crippen LogP) is 1.45. The molecule has 0 aliphatic heterocycles. The Morgan fingerprint density at radius 1 is 1.18 bits per heavy atom. The topological polar surface area (TPSA) is 52.0 Å². The molecule has 0 aromatic heterocycles. The van der Waals surface area contributed by atoms with Crippen molar-refractivity contribution in [3.63, 3.8) is 0 Å². The van der Waals surface area contributed by atoms with Crippen LogP contribution in [-0.4, -0.2) is 11.6 Å². The summed E-state index contributed by atoms with van der Waals surface area (Å²) in [5.41, 5.74) is 11.7. The highest BCUT2D eigenvalue weighted by molar-refractivity contribution is 5.85. The fourth-order valence-electron chi connectivity index (χ4n) is 1.30. The average molecular weight is 201 g/mol. The van der Waals surface area contributed by atoms with Crippen molar-refractivity contribution in [3.8, 4) is 0 Å². The fourth-order valence-corrected chi connectivity index (χ4v) is 1.30. The van der Waals surface area contributed by atoms with Gasteiger partial charge < -0.3 is 11.5 Å². The molecule has 2 nitrogen and oxygen atoms in total. The summed E-state index contributed by atoms with van der Waals surface area (Å²) in [6.07, 6.45) is 4.39. The predicted molar refractivity (Wildman–Crippen MR) is 53.5 cm³/mol. The molecule has 0 radical (unpaired) electrons. The molecular formula is C7H18Cl2N2. The first-order chi connectivity index (χ1) is 4.10. The summed E-state index contributed by atoms with van der Waals surface area (Å²) < 4.78 is 0. The largest absolute Gasteiger partial charge is 0.328 e. The number of hydrogen-bond acceptors (Lipinski definition) is 2. The van der Waals surface area contributed by atoms with Gasteiger partial charge in [0.1, 0.15) is 0 Å². The summed E-state index contributed by atoms with van der Waals surface area (Å²) in [6, 6.07) is 0.418. The summed E-state index contributed by atoms with van der Waals surface area (Å²) >= 11 is 0. The minimum atomic E-state index is 0. The molecular weight excluding hydrogens is 183 g/mol. The van der Waals surface area contributed by atoms with Gasteiger partial charge in [-0.1, -0.05) is 0 Å². The third kappa shape index (κ3) is 4.86. The number of hydrogen-bond donors (Lipinski definition) is 2. The van der Waals surface area contributed by atoms with Crippen LogP contribution in [0.15, 0.2) is 0 Å². The highest BCUT2D eigenvalue weighted by Gasteiger charge is 2.24. The fraction of sp³-hybridized carbons (Fsp3) is 1.00. The molecule has 0 bridgehead atoms. The standard InChI is InChI=1S/C7H16N2.2ClH/c1-7(9)4-2-6(8)3-5-7;;/h6H,2-5,8-9H2,1H3;2*1H. The highest BCUT2D eigenvalue weighted by Crippen LogP contribution is 2.23. The second kappa shape index (κ2) is 5.20. The van der Waals surface area contributed by atoms with Crippen LogP contribution in [0.5, 0.6) is 0 Å². The zero-order valence-electron chi connectivity index (χ0n) is 6.88. The van der Waals surface area contributed by atoms with Gasteiger partial charge in [-0.05, 0) is 32.6 Å². The van der Waals surface area contributed by atoms with E-state index in [0.717, 1.165) is 25.7 Å². The van der Waals surface area contributed by atoms with E-state index in [0.29, 0.717) is 6.04 Å². The van der Waals surface area contributed by atoms with Crippen molar-refractivity contribution in [2.75, 3.05) is 0 Å². The molecule has 0 aromatic rings. The van der Waals surface area contributed by atoms with Gasteiger partial charge >= 0.3 is 0 Å². The Morgan fingerprint density at radius 3 is 1.82 bits per heavy atom. The molecule has 1 saturated carbocycles. The lowest BCUT2D eigenvalue weighted by Crippen LogP contribution is -2.43. The van der Waals surface area contributed by atoms with Crippen molar-refractivity contribution in [2.24, 2.45) is 11.5 Å². The number of rotatable bonds is 0. The Kier molecular flexibility index (Phi) is 6.64. The van der Waals surface area contributed by atoms with Gasteiger partial charge in [-0.25, -0.2) is 0 Å². The SMILES string of the molecule is CC1(N)CCC(N)CC1.Cl.Cl. The van der Waals surface area contributed by atoms with Crippen molar-refractivity contribution in [1.82, 2.24) is 0 Å². The lowest BCUT2D eigenvalue weighted by molar-refractivity contribution is 0.296. The lowest BCUT2D eigenvalue weighted by Gasteiger charge is -2.32. The smallest absolute Gasteiger partial charge is 0.0127 e. The van der Waals surface area contributed by atoms with Crippen LogP contribution in [0, 0.1) is 0 Å². The van der Waals surface area contributed by atoms with E-state index < -0.39 is 0 Å². The normalized spacial score (nSPS) is 36.8. The van der Waals surface area contributed by atoms with Gasteiger partial charge in [0.2, 0.25) is 0 Å². The minimum Gasteiger partial charge on any atom is -0.328 e. The molecule has 0 heterocycles. The van der Waals surface area contributed by atoms with Crippen LogP contribution in [0.1, 0.15) is 32.6 Å². The third-order valence-corrected chi connectivity index (χ3v) is 2.17. The Labute approximate surface area is 80.9 Å². The quantitative estimate of drug-likeness (QED) is 0.623. The van der Waals surface area contributed by atoms with Gasteiger partial charge in [0.05, 0.1) is 0 Å². The van der Waals surface area contributed by atoms with E-state index in [-0.39, 0.29) is 30.4 Å². The first-order valence-corrected chi connectivity index (χ1v) is 3.65. The van der Waals surface area contributed by atoms with E-state index in [1.807, 2.05) is 0 Å². The second-order valence-corrected chi connectivity index (χ2v) is 3.49. The van der Waals surface area contributed by atoms with Crippen molar-refractivity contribution in [3.05, 3.63) is 0 Å². The first-order valence-electron chi connectivity index (χ1n) is 3.65. The Balaban J connectivity index is 0. The first kappa shape index (κ1) is 14.0. The van der Waals surface area contributed by atoms with Gasteiger partial charge in [-0.15, -0.1) is 24.8 Å². The molecule has 11 heavy (non-hydrogen) atoms. The molecule has 0 spiro atoms. The maximum absolute atomic E-state index is 5.88. The zero-order chi connectivity index (χ0) is 6.91. The molecule has 0 atom stereocenters.